The first-order valence-electron chi connectivity index (χ1n) is 11.1. The molecule has 0 aliphatic rings. The third kappa shape index (κ3) is 11.1. The Morgan fingerprint density at radius 2 is 1.29 bits per heavy atom. The van der Waals surface area contributed by atoms with E-state index in [2.05, 4.69) is 19.9 Å². The molecule has 1 aromatic carbocycles. The van der Waals surface area contributed by atoms with Crippen molar-refractivity contribution in [3.8, 4) is 5.75 Å². The molecule has 0 fully saturated rings. The smallest absolute Gasteiger partial charge is 0.270 e. The molecule has 1 aromatic rings. The van der Waals surface area contributed by atoms with Gasteiger partial charge >= 0.3 is 0 Å². The van der Waals surface area contributed by atoms with Gasteiger partial charge in [-0.3, -0.25) is 4.55 Å². The van der Waals surface area contributed by atoms with Gasteiger partial charge in [-0.25, -0.2) is 0 Å². The zero-order valence-electron chi connectivity index (χ0n) is 18.1. The van der Waals surface area contributed by atoms with Gasteiger partial charge in [0.05, 0.1) is 0 Å². The topological polar surface area (TPSA) is 63.6 Å². The predicted molar refractivity (Wildman–Crippen MR) is 118 cm³/mol. The van der Waals surface area contributed by atoms with E-state index in [9.17, 15) is 8.42 Å². The molecule has 0 saturated heterocycles. The highest BCUT2D eigenvalue weighted by Crippen LogP contribution is 2.22. The minimum absolute atomic E-state index is 0.0330. The number of hydrogen-bond acceptors (Lipinski definition) is 3. The Balaban J connectivity index is 2.69. The average Bonchev–Trinajstić information content (AvgIpc) is 2.65. The van der Waals surface area contributed by atoms with Crippen molar-refractivity contribution in [2.75, 3.05) is 6.61 Å². The van der Waals surface area contributed by atoms with Gasteiger partial charge in [-0.15, -0.1) is 0 Å². The van der Waals surface area contributed by atoms with E-state index in [4.69, 9.17) is 9.29 Å². The van der Waals surface area contributed by atoms with Crippen molar-refractivity contribution >= 4 is 10.1 Å². The van der Waals surface area contributed by atoms with Gasteiger partial charge < -0.3 is 4.74 Å². The van der Waals surface area contributed by atoms with Crippen LogP contribution >= 0.6 is 0 Å². The van der Waals surface area contributed by atoms with E-state index in [1.807, 2.05) is 12.1 Å². The highest BCUT2D eigenvalue weighted by molar-refractivity contribution is 7.86. The molecule has 0 aliphatic carbocycles. The van der Waals surface area contributed by atoms with E-state index in [0.29, 0.717) is 5.75 Å². The van der Waals surface area contributed by atoms with Gasteiger partial charge in [-0.2, -0.15) is 8.42 Å². The van der Waals surface area contributed by atoms with Crippen LogP contribution in [0.3, 0.4) is 0 Å². The molecular weight excluding hydrogens is 372 g/mol. The van der Waals surface area contributed by atoms with E-state index < -0.39 is 15.4 Å². The van der Waals surface area contributed by atoms with Crippen LogP contribution in [-0.2, 0) is 23.0 Å². The number of hydrogen-bond donors (Lipinski definition) is 1. The van der Waals surface area contributed by atoms with Crippen LogP contribution in [0, 0.1) is 0 Å². The first kappa shape index (κ1) is 25.0. The molecule has 1 rings (SSSR count). The van der Waals surface area contributed by atoms with Crippen LogP contribution in [0.15, 0.2) is 18.2 Å². The van der Waals surface area contributed by atoms with Crippen LogP contribution in [0.4, 0.5) is 0 Å². The summed E-state index contributed by atoms with van der Waals surface area (Å²) in [5.41, 5.74) is 2.52. The van der Waals surface area contributed by atoms with Crippen molar-refractivity contribution in [3.05, 3.63) is 29.3 Å². The summed E-state index contributed by atoms with van der Waals surface area (Å²) in [5.74, 6) is 0.713. The summed E-state index contributed by atoms with van der Waals surface area (Å²) in [6.45, 7) is 5.87. The fourth-order valence-electron chi connectivity index (χ4n) is 3.27. The first-order valence-corrected chi connectivity index (χ1v) is 12.6. The lowest BCUT2D eigenvalue weighted by Gasteiger charge is -2.14. The van der Waals surface area contributed by atoms with E-state index >= 15 is 0 Å². The van der Waals surface area contributed by atoms with E-state index in [0.717, 1.165) is 12.8 Å². The molecule has 0 spiro atoms. The number of rotatable bonds is 16. The Bertz CT molecular complexity index is 608. The number of benzene rings is 1. The normalized spacial score (nSPS) is 12.9. The Kier molecular flexibility index (Phi) is 12.5. The summed E-state index contributed by atoms with van der Waals surface area (Å²) in [6.07, 6.45) is 14.5. The van der Waals surface area contributed by atoms with Gasteiger partial charge in [0.15, 0.2) is 0 Å². The lowest BCUT2D eigenvalue weighted by molar-refractivity contribution is 0.310. The van der Waals surface area contributed by atoms with Crippen LogP contribution in [0.1, 0.15) is 96.1 Å². The van der Waals surface area contributed by atoms with Crippen molar-refractivity contribution < 1.29 is 17.7 Å². The molecule has 1 atom stereocenters. The van der Waals surface area contributed by atoms with Crippen molar-refractivity contribution in [1.29, 1.82) is 0 Å². The van der Waals surface area contributed by atoms with Crippen molar-refractivity contribution in [1.82, 2.24) is 0 Å². The van der Waals surface area contributed by atoms with Crippen LogP contribution in [0.5, 0.6) is 5.75 Å². The molecule has 1 unspecified atom stereocenters. The van der Waals surface area contributed by atoms with Crippen LogP contribution < -0.4 is 4.74 Å². The van der Waals surface area contributed by atoms with Gasteiger partial charge in [-0.05, 0) is 55.9 Å². The zero-order chi connectivity index (χ0) is 20.8. The molecule has 1 N–H and O–H groups in total. The summed E-state index contributed by atoms with van der Waals surface area (Å²) < 4.78 is 37.3. The van der Waals surface area contributed by atoms with E-state index in [-0.39, 0.29) is 6.61 Å². The Morgan fingerprint density at radius 1 is 0.821 bits per heavy atom. The predicted octanol–water partition coefficient (Wildman–Crippen LogP) is 6.37. The molecule has 0 aromatic heterocycles. The van der Waals surface area contributed by atoms with Crippen molar-refractivity contribution in [2.24, 2.45) is 0 Å². The molecule has 28 heavy (non-hydrogen) atoms. The standard InChI is InChI=1S/C23H40O4S/c1-4-6-8-10-12-14-21-16-22(15-13-11-9-7-5-2)18-23(17-21)27-19-20(3)28(24,25)26/h16-18,20H,4-15,19H2,1-3H3,(H,24,25,26). The van der Waals surface area contributed by atoms with Gasteiger partial charge in [0.2, 0.25) is 0 Å². The van der Waals surface area contributed by atoms with Gasteiger partial charge in [0.25, 0.3) is 10.1 Å². The lowest BCUT2D eigenvalue weighted by Crippen LogP contribution is -2.24. The average molecular weight is 413 g/mol. The molecule has 4 nitrogen and oxygen atoms in total. The fourth-order valence-corrected chi connectivity index (χ4v) is 3.51. The Morgan fingerprint density at radius 3 is 1.71 bits per heavy atom. The quantitative estimate of drug-likeness (QED) is 0.253. The summed E-state index contributed by atoms with van der Waals surface area (Å²) >= 11 is 0. The van der Waals surface area contributed by atoms with Crippen LogP contribution in [-0.4, -0.2) is 24.8 Å². The zero-order valence-corrected chi connectivity index (χ0v) is 18.9. The Labute approximate surface area is 172 Å². The largest absolute Gasteiger partial charge is 0.492 e. The minimum Gasteiger partial charge on any atom is -0.492 e. The maximum absolute atomic E-state index is 11.2. The molecule has 0 saturated carbocycles. The van der Waals surface area contributed by atoms with E-state index in [1.165, 1.54) is 82.3 Å². The SMILES string of the molecule is CCCCCCCc1cc(CCCCCCC)cc(OCC(C)S(=O)(=O)O)c1. The van der Waals surface area contributed by atoms with Crippen molar-refractivity contribution in [3.63, 3.8) is 0 Å². The maximum atomic E-state index is 11.2. The molecular formula is C23H40O4S. The lowest BCUT2D eigenvalue weighted by atomic mass is 9.99. The van der Waals surface area contributed by atoms with Gasteiger partial charge in [0, 0.05) is 0 Å². The third-order valence-electron chi connectivity index (χ3n) is 5.16. The van der Waals surface area contributed by atoms with Gasteiger partial charge in [0.1, 0.15) is 17.6 Å². The molecule has 0 aliphatic heterocycles. The van der Waals surface area contributed by atoms with Crippen LogP contribution in [0.25, 0.3) is 0 Å². The highest BCUT2D eigenvalue weighted by Gasteiger charge is 2.18. The van der Waals surface area contributed by atoms with E-state index in [1.54, 1.807) is 0 Å². The summed E-state index contributed by atoms with van der Waals surface area (Å²) in [6, 6.07) is 6.33. The highest BCUT2D eigenvalue weighted by atomic mass is 32.2. The third-order valence-corrected chi connectivity index (χ3v) is 6.31. The molecule has 5 heteroatoms. The summed E-state index contributed by atoms with van der Waals surface area (Å²) in [5, 5.41) is -0.928. The summed E-state index contributed by atoms with van der Waals surface area (Å²) in [4.78, 5) is 0. The molecule has 0 heterocycles. The van der Waals surface area contributed by atoms with Crippen molar-refractivity contribution in [2.45, 2.75) is 103 Å². The first-order chi connectivity index (χ1) is 13.4. The second kappa shape index (κ2) is 14.0. The molecule has 162 valence electrons. The molecule has 0 bridgehead atoms. The molecule has 0 radical (unpaired) electrons. The number of aryl methyl sites for hydroxylation is 2. The second-order valence-corrected chi connectivity index (χ2v) is 9.78. The fraction of sp³-hybridized carbons (Fsp3) is 0.739. The van der Waals surface area contributed by atoms with Crippen LogP contribution in [0.2, 0.25) is 0 Å². The van der Waals surface area contributed by atoms with Gasteiger partial charge in [-0.1, -0.05) is 71.3 Å². The maximum Gasteiger partial charge on any atom is 0.270 e. The Hall–Kier alpha value is -1.07. The second-order valence-electron chi connectivity index (χ2n) is 7.95. The molecule has 0 amide bonds. The summed E-state index contributed by atoms with van der Waals surface area (Å²) in [7, 11) is -4.06. The number of ether oxygens (including phenoxy) is 1. The minimum atomic E-state index is -4.06. The number of unbranched alkanes of at least 4 members (excludes halogenated alkanes) is 8. The monoisotopic (exact) mass is 412 g/mol.